The Kier molecular flexibility index (Phi) is 6.01. The minimum atomic E-state index is -1.57. The normalized spacial score (nSPS) is 12.6. The Bertz CT molecular complexity index is 452. The molecule has 112 valence electrons. The van der Waals surface area contributed by atoms with Crippen molar-refractivity contribution in [2.24, 2.45) is 5.92 Å². The first-order valence-corrected chi connectivity index (χ1v) is 6.50. The van der Waals surface area contributed by atoms with Crippen LogP contribution in [0.1, 0.15) is 38.3 Å². The Labute approximate surface area is 115 Å². The van der Waals surface area contributed by atoms with Crippen LogP contribution in [0.2, 0.25) is 0 Å². The molecule has 0 aromatic heterocycles. The van der Waals surface area contributed by atoms with Crippen LogP contribution < -0.4 is 5.32 Å². The quantitative estimate of drug-likeness (QED) is 0.791. The lowest BCUT2D eigenvalue weighted by molar-refractivity contribution is -0.126. The SMILES string of the molecule is CCC(CC)C(=O)NC(CO)c1cc(F)c(F)c(F)c1. The zero-order chi connectivity index (χ0) is 15.3. The van der Waals surface area contributed by atoms with Gasteiger partial charge >= 0.3 is 0 Å². The van der Waals surface area contributed by atoms with Crippen molar-refractivity contribution in [1.82, 2.24) is 5.32 Å². The summed E-state index contributed by atoms with van der Waals surface area (Å²) in [5.41, 5.74) is -0.0109. The molecule has 0 aliphatic carbocycles. The van der Waals surface area contributed by atoms with Crippen LogP contribution in [0.4, 0.5) is 13.2 Å². The largest absolute Gasteiger partial charge is 0.394 e. The molecule has 0 heterocycles. The van der Waals surface area contributed by atoms with Crippen molar-refractivity contribution in [2.75, 3.05) is 6.61 Å². The summed E-state index contributed by atoms with van der Waals surface area (Å²) in [6, 6.07) is 0.576. The summed E-state index contributed by atoms with van der Waals surface area (Å²) in [6.07, 6.45) is 1.24. The van der Waals surface area contributed by atoms with Crippen LogP contribution in [-0.4, -0.2) is 17.6 Å². The lowest BCUT2D eigenvalue weighted by Crippen LogP contribution is -2.35. The van der Waals surface area contributed by atoms with Crippen molar-refractivity contribution in [3.63, 3.8) is 0 Å². The second-order valence-corrected chi connectivity index (χ2v) is 4.56. The molecule has 1 rings (SSSR count). The molecule has 1 aromatic carbocycles. The molecular formula is C14H18F3NO2. The molecule has 1 atom stereocenters. The van der Waals surface area contributed by atoms with E-state index < -0.39 is 30.1 Å². The van der Waals surface area contributed by atoms with Gasteiger partial charge in [-0.1, -0.05) is 13.8 Å². The number of carbonyl (C=O) groups is 1. The first-order chi connectivity index (χ1) is 9.44. The van der Waals surface area contributed by atoms with Gasteiger partial charge in [0, 0.05) is 5.92 Å². The van der Waals surface area contributed by atoms with Gasteiger partial charge in [-0.05, 0) is 30.5 Å². The van der Waals surface area contributed by atoms with Gasteiger partial charge in [0.05, 0.1) is 12.6 Å². The van der Waals surface area contributed by atoms with Gasteiger partial charge in [0.25, 0.3) is 0 Å². The van der Waals surface area contributed by atoms with Crippen LogP contribution in [0.5, 0.6) is 0 Å². The smallest absolute Gasteiger partial charge is 0.223 e. The van der Waals surface area contributed by atoms with Crippen LogP contribution in [0, 0.1) is 23.4 Å². The van der Waals surface area contributed by atoms with Crippen LogP contribution in [0.15, 0.2) is 12.1 Å². The summed E-state index contributed by atoms with van der Waals surface area (Å²) in [5, 5.41) is 11.8. The van der Waals surface area contributed by atoms with E-state index in [2.05, 4.69) is 5.32 Å². The highest BCUT2D eigenvalue weighted by Gasteiger charge is 2.21. The summed E-state index contributed by atoms with van der Waals surface area (Å²) in [7, 11) is 0. The molecule has 0 spiro atoms. The van der Waals surface area contributed by atoms with Gasteiger partial charge < -0.3 is 10.4 Å². The summed E-state index contributed by atoms with van der Waals surface area (Å²) in [6.45, 7) is 3.16. The second-order valence-electron chi connectivity index (χ2n) is 4.56. The minimum absolute atomic E-state index is 0.0109. The third-order valence-electron chi connectivity index (χ3n) is 3.26. The van der Waals surface area contributed by atoms with Crippen LogP contribution in [0.25, 0.3) is 0 Å². The maximum atomic E-state index is 13.2. The fraction of sp³-hybridized carbons (Fsp3) is 0.500. The molecule has 0 saturated heterocycles. The van der Waals surface area contributed by atoms with E-state index >= 15 is 0 Å². The molecule has 3 nitrogen and oxygen atoms in total. The molecule has 6 heteroatoms. The van der Waals surface area contributed by atoms with Crippen molar-refractivity contribution in [3.05, 3.63) is 35.1 Å². The van der Waals surface area contributed by atoms with Crippen LogP contribution in [-0.2, 0) is 4.79 Å². The third-order valence-corrected chi connectivity index (χ3v) is 3.26. The van der Waals surface area contributed by atoms with Crippen molar-refractivity contribution >= 4 is 5.91 Å². The topological polar surface area (TPSA) is 49.3 Å². The van der Waals surface area contributed by atoms with Gasteiger partial charge in [0.1, 0.15) is 0 Å². The lowest BCUT2D eigenvalue weighted by Gasteiger charge is -2.20. The number of hydrogen-bond donors (Lipinski definition) is 2. The average molecular weight is 289 g/mol. The predicted molar refractivity (Wildman–Crippen MR) is 68.4 cm³/mol. The average Bonchev–Trinajstić information content (AvgIpc) is 2.42. The highest BCUT2D eigenvalue weighted by molar-refractivity contribution is 5.79. The number of carbonyl (C=O) groups excluding carboxylic acids is 1. The maximum absolute atomic E-state index is 13.2. The third kappa shape index (κ3) is 3.72. The summed E-state index contributed by atoms with van der Waals surface area (Å²) in [4.78, 5) is 11.9. The van der Waals surface area contributed by atoms with E-state index in [0.717, 1.165) is 12.1 Å². The van der Waals surface area contributed by atoms with Crippen LogP contribution >= 0.6 is 0 Å². The van der Waals surface area contributed by atoms with E-state index in [4.69, 9.17) is 0 Å². The maximum Gasteiger partial charge on any atom is 0.223 e. The number of aliphatic hydroxyl groups excluding tert-OH is 1. The van der Waals surface area contributed by atoms with E-state index in [0.29, 0.717) is 12.8 Å². The fourth-order valence-corrected chi connectivity index (χ4v) is 1.96. The van der Waals surface area contributed by atoms with Gasteiger partial charge in [-0.2, -0.15) is 0 Å². The molecule has 0 saturated carbocycles. The Balaban J connectivity index is 2.94. The summed E-state index contributed by atoms with van der Waals surface area (Å²) in [5.74, 6) is -4.82. The Morgan fingerprint density at radius 2 is 1.70 bits per heavy atom. The number of halogens is 3. The molecule has 2 N–H and O–H groups in total. The van der Waals surface area contributed by atoms with Gasteiger partial charge in [-0.3, -0.25) is 4.79 Å². The van der Waals surface area contributed by atoms with Crippen molar-refractivity contribution in [1.29, 1.82) is 0 Å². The zero-order valence-electron chi connectivity index (χ0n) is 11.4. The molecule has 1 aromatic rings. The molecule has 0 aliphatic heterocycles. The summed E-state index contributed by atoms with van der Waals surface area (Å²) < 4.78 is 39.2. The number of benzene rings is 1. The van der Waals surface area contributed by atoms with Gasteiger partial charge in [0.15, 0.2) is 17.5 Å². The van der Waals surface area contributed by atoms with Crippen molar-refractivity contribution < 1.29 is 23.1 Å². The van der Waals surface area contributed by atoms with E-state index in [-0.39, 0.29) is 17.4 Å². The van der Waals surface area contributed by atoms with Gasteiger partial charge in [0.2, 0.25) is 5.91 Å². The highest BCUT2D eigenvalue weighted by Crippen LogP contribution is 2.20. The molecule has 0 aliphatic rings. The monoisotopic (exact) mass is 289 g/mol. The number of rotatable bonds is 6. The molecule has 1 amide bonds. The molecule has 0 bridgehead atoms. The molecule has 20 heavy (non-hydrogen) atoms. The predicted octanol–water partition coefficient (Wildman–Crippen LogP) is 2.69. The van der Waals surface area contributed by atoms with Gasteiger partial charge in [-0.25, -0.2) is 13.2 Å². The standard InChI is InChI=1S/C14H18F3NO2/c1-3-8(4-2)14(20)18-12(7-19)9-5-10(15)13(17)11(16)6-9/h5-6,8,12,19H,3-4,7H2,1-2H3,(H,18,20). The number of amides is 1. The first-order valence-electron chi connectivity index (χ1n) is 6.50. The fourth-order valence-electron chi connectivity index (χ4n) is 1.96. The number of hydrogen-bond acceptors (Lipinski definition) is 2. The first kappa shape index (κ1) is 16.5. The van der Waals surface area contributed by atoms with Gasteiger partial charge in [-0.15, -0.1) is 0 Å². The lowest BCUT2D eigenvalue weighted by atomic mass is 10.0. The second kappa shape index (κ2) is 7.28. The van der Waals surface area contributed by atoms with Crippen molar-refractivity contribution in [2.45, 2.75) is 32.7 Å². The van der Waals surface area contributed by atoms with E-state index in [1.165, 1.54) is 0 Å². The van der Waals surface area contributed by atoms with Crippen molar-refractivity contribution in [3.8, 4) is 0 Å². The highest BCUT2D eigenvalue weighted by atomic mass is 19.2. The number of nitrogens with one attached hydrogen (secondary N) is 1. The molecule has 1 unspecified atom stereocenters. The zero-order valence-corrected chi connectivity index (χ0v) is 11.4. The van der Waals surface area contributed by atoms with Crippen LogP contribution in [0.3, 0.4) is 0 Å². The van der Waals surface area contributed by atoms with E-state index in [1.807, 2.05) is 13.8 Å². The molecule has 0 radical (unpaired) electrons. The Morgan fingerprint density at radius 3 is 2.10 bits per heavy atom. The molecule has 0 fully saturated rings. The summed E-state index contributed by atoms with van der Waals surface area (Å²) >= 11 is 0. The minimum Gasteiger partial charge on any atom is -0.394 e. The Morgan fingerprint density at radius 1 is 1.20 bits per heavy atom. The number of aliphatic hydroxyl groups is 1. The van der Waals surface area contributed by atoms with E-state index in [1.54, 1.807) is 0 Å². The molecular weight excluding hydrogens is 271 g/mol. The Hall–Kier alpha value is -1.56. The van der Waals surface area contributed by atoms with E-state index in [9.17, 15) is 23.1 Å².